The van der Waals surface area contributed by atoms with Gasteiger partial charge >= 0.3 is 21.1 Å². The second-order valence-corrected chi connectivity index (χ2v) is 13.1. The van der Waals surface area contributed by atoms with Crippen molar-refractivity contribution in [3.05, 3.63) is 164 Å². The van der Waals surface area contributed by atoms with Crippen LogP contribution >= 0.6 is 11.3 Å². The largest absolute Gasteiger partial charge is 2.00 e. The number of hydrogen-bond acceptors (Lipinski definition) is 5. The van der Waals surface area contributed by atoms with E-state index in [1.165, 1.54) is 10.2 Å². The van der Waals surface area contributed by atoms with Gasteiger partial charge in [-0.1, -0.05) is 66.7 Å². The Balaban J connectivity index is 0.00000325. The van der Waals surface area contributed by atoms with Gasteiger partial charge in [0.05, 0.1) is 5.52 Å². The number of benzene rings is 6. The van der Waals surface area contributed by atoms with Crippen LogP contribution in [0.25, 0.3) is 32.0 Å². The molecule has 0 saturated heterocycles. The van der Waals surface area contributed by atoms with Crippen LogP contribution in [-0.2, 0) is 21.1 Å². The van der Waals surface area contributed by atoms with Crippen LogP contribution in [-0.4, -0.2) is 16.7 Å². The van der Waals surface area contributed by atoms with E-state index in [9.17, 15) is 0 Å². The Kier molecular flexibility index (Phi) is 7.30. The first-order valence-corrected chi connectivity index (χ1v) is 16.9. The number of nitrogens with zero attached hydrogens (tertiary/aromatic N) is 4. The number of rotatable bonds is 4. The van der Waals surface area contributed by atoms with Gasteiger partial charge in [-0.05, 0) is 77.1 Å². The van der Waals surface area contributed by atoms with Crippen molar-refractivity contribution in [1.82, 2.24) is 9.97 Å². The monoisotopic (exact) mass is 823 g/mol. The van der Waals surface area contributed by atoms with E-state index in [0.29, 0.717) is 0 Å². The van der Waals surface area contributed by atoms with Crippen LogP contribution in [0.3, 0.4) is 0 Å². The molecule has 0 aliphatic carbocycles. The van der Waals surface area contributed by atoms with E-state index in [2.05, 4.69) is 149 Å². The number of thiazole rings is 1. The zero-order valence-electron chi connectivity index (χ0n) is 26.0. The van der Waals surface area contributed by atoms with Crippen LogP contribution < -0.4 is 26.2 Å². The molecule has 7 heteroatoms. The van der Waals surface area contributed by atoms with Crippen LogP contribution in [0.5, 0.6) is 0 Å². The van der Waals surface area contributed by atoms with Crippen molar-refractivity contribution in [3.8, 4) is 21.8 Å². The number of aromatic nitrogens is 2. The topological polar surface area (TPSA) is 32.3 Å². The molecule has 2 aromatic heterocycles. The molecule has 0 bridgehead atoms. The fourth-order valence-corrected chi connectivity index (χ4v) is 8.20. The number of anilines is 6. The minimum absolute atomic E-state index is 0. The Morgan fingerprint density at radius 2 is 1.12 bits per heavy atom. The SMILES string of the molecule is [Pt+2].[c-]1c(-c2ccccn2)ccc2c1B1c3[c-]c(-c4nc5ccccc5s4)ccc3N(c3ccccc3)c3cccc(c31)N2c1ccccc1. The molecular formula is C42H25BN4PtS. The number of fused-ring (bicyclic) bond motifs is 5. The molecule has 0 atom stereocenters. The van der Waals surface area contributed by atoms with Gasteiger partial charge in [0.15, 0.2) is 0 Å². The molecule has 0 amide bonds. The number of pyridine rings is 1. The maximum atomic E-state index is 5.03. The van der Waals surface area contributed by atoms with Crippen molar-refractivity contribution < 1.29 is 21.1 Å². The Hall–Kier alpha value is -5.29. The minimum atomic E-state index is -0.112. The number of para-hydroxylation sites is 3. The summed E-state index contributed by atoms with van der Waals surface area (Å²) in [5.41, 5.74) is 14.1. The molecule has 2 aliphatic rings. The van der Waals surface area contributed by atoms with Crippen molar-refractivity contribution in [2.45, 2.75) is 0 Å². The standard InChI is InChI=1S/C42H25BN4S.Pt/c1-3-12-30(13-4-1)46-36-23-21-28(34-16-9-10-25-44-34)26-32(36)43-33-27-29(42-45-35-17-7-8-20-40(35)48-42)22-24-37(33)47(31-14-5-2-6-15-31)39-19-11-18-38(46)41(39)43;/h1-25H;/q-2;+2. The first-order chi connectivity index (χ1) is 23.8. The third kappa shape index (κ3) is 4.78. The average Bonchev–Trinajstić information content (AvgIpc) is 3.60. The van der Waals surface area contributed by atoms with Gasteiger partial charge in [-0.15, -0.1) is 58.5 Å². The summed E-state index contributed by atoms with van der Waals surface area (Å²) in [6.07, 6.45) is 1.85. The van der Waals surface area contributed by atoms with Crippen LogP contribution in [0.1, 0.15) is 0 Å². The van der Waals surface area contributed by atoms with E-state index in [4.69, 9.17) is 9.97 Å². The van der Waals surface area contributed by atoms with Gasteiger partial charge in [0.1, 0.15) is 0 Å². The van der Waals surface area contributed by atoms with Gasteiger partial charge in [0, 0.05) is 38.7 Å². The summed E-state index contributed by atoms with van der Waals surface area (Å²) in [6.45, 7) is -0.112. The first-order valence-electron chi connectivity index (χ1n) is 16.0. The Morgan fingerprint density at radius 1 is 0.531 bits per heavy atom. The fourth-order valence-electron chi connectivity index (χ4n) is 7.25. The van der Waals surface area contributed by atoms with Crippen molar-refractivity contribution in [1.29, 1.82) is 0 Å². The Bertz CT molecular complexity index is 2440. The predicted octanol–water partition coefficient (Wildman–Crippen LogP) is 8.71. The van der Waals surface area contributed by atoms with E-state index in [0.717, 1.165) is 72.4 Å². The second kappa shape index (κ2) is 12.0. The van der Waals surface area contributed by atoms with E-state index in [1.807, 2.05) is 24.4 Å². The van der Waals surface area contributed by atoms with Gasteiger partial charge < -0.3 is 14.8 Å². The Morgan fingerprint density at radius 3 is 1.76 bits per heavy atom. The van der Waals surface area contributed by atoms with E-state index >= 15 is 0 Å². The third-order valence-electron chi connectivity index (χ3n) is 9.29. The zero-order chi connectivity index (χ0) is 31.6. The zero-order valence-corrected chi connectivity index (χ0v) is 29.1. The van der Waals surface area contributed by atoms with Crippen LogP contribution in [0.4, 0.5) is 34.1 Å². The minimum Gasteiger partial charge on any atom is -0.353 e. The molecule has 0 spiro atoms. The van der Waals surface area contributed by atoms with Gasteiger partial charge in [0.2, 0.25) is 6.71 Å². The molecule has 4 heterocycles. The maximum absolute atomic E-state index is 5.03. The van der Waals surface area contributed by atoms with E-state index in [1.54, 1.807) is 11.3 Å². The second-order valence-electron chi connectivity index (χ2n) is 12.0. The smallest absolute Gasteiger partial charge is 0.353 e. The van der Waals surface area contributed by atoms with E-state index < -0.39 is 0 Å². The quantitative estimate of drug-likeness (QED) is 0.131. The molecular weight excluding hydrogens is 798 g/mol. The van der Waals surface area contributed by atoms with Crippen LogP contribution in [0, 0.1) is 12.1 Å². The summed E-state index contributed by atoms with van der Waals surface area (Å²) >= 11 is 1.71. The molecule has 2 aliphatic heterocycles. The summed E-state index contributed by atoms with van der Waals surface area (Å²) in [5, 5.41) is 0.970. The van der Waals surface area contributed by atoms with Crippen LogP contribution in [0.15, 0.2) is 152 Å². The summed E-state index contributed by atoms with van der Waals surface area (Å²) < 4.78 is 1.17. The van der Waals surface area contributed by atoms with Crippen molar-refractivity contribution in [2.24, 2.45) is 0 Å². The molecule has 232 valence electrons. The summed E-state index contributed by atoms with van der Waals surface area (Å²) in [6, 6.07) is 59.0. The number of hydrogen-bond donors (Lipinski definition) is 0. The summed E-state index contributed by atoms with van der Waals surface area (Å²) in [4.78, 5) is 14.5. The molecule has 4 nitrogen and oxygen atoms in total. The summed E-state index contributed by atoms with van der Waals surface area (Å²) in [5.74, 6) is 0. The molecule has 0 radical (unpaired) electrons. The van der Waals surface area contributed by atoms with E-state index in [-0.39, 0.29) is 27.8 Å². The van der Waals surface area contributed by atoms with Gasteiger partial charge in [-0.3, -0.25) is 4.98 Å². The molecule has 0 N–H and O–H groups in total. The van der Waals surface area contributed by atoms with Crippen molar-refractivity contribution >= 4 is 78.8 Å². The van der Waals surface area contributed by atoms with Crippen molar-refractivity contribution in [3.63, 3.8) is 0 Å². The summed E-state index contributed by atoms with van der Waals surface area (Å²) in [7, 11) is 0. The van der Waals surface area contributed by atoms with Crippen LogP contribution in [0.2, 0.25) is 0 Å². The first kappa shape index (κ1) is 29.8. The Labute approximate surface area is 303 Å². The van der Waals surface area contributed by atoms with Gasteiger partial charge in [-0.2, -0.15) is 11.3 Å². The van der Waals surface area contributed by atoms with Crippen molar-refractivity contribution in [2.75, 3.05) is 9.80 Å². The molecule has 0 saturated carbocycles. The maximum Gasteiger partial charge on any atom is 2.00 e. The van der Waals surface area contributed by atoms with Gasteiger partial charge in [0.25, 0.3) is 0 Å². The molecule has 49 heavy (non-hydrogen) atoms. The predicted molar refractivity (Wildman–Crippen MR) is 200 cm³/mol. The molecule has 0 unspecified atom stereocenters. The molecule has 0 fully saturated rings. The average molecular weight is 824 g/mol. The van der Waals surface area contributed by atoms with Gasteiger partial charge in [-0.25, -0.2) is 0 Å². The molecule has 6 aromatic carbocycles. The third-order valence-corrected chi connectivity index (χ3v) is 10.4. The normalized spacial score (nSPS) is 12.6. The molecule has 8 aromatic rings. The molecule has 10 rings (SSSR count). The fraction of sp³-hybridized carbons (Fsp3) is 0.